The normalized spacial score (nSPS) is 44.8. The van der Waals surface area contributed by atoms with Crippen LogP contribution in [-0.2, 0) is 15.3 Å². The van der Waals surface area contributed by atoms with Crippen molar-refractivity contribution in [3.05, 3.63) is 11.6 Å². The minimum atomic E-state index is -4.82. The smallest absolute Gasteiger partial charge is 0.280 e. The predicted octanol–water partition coefficient (Wildman–Crippen LogP) is 9.62. The van der Waals surface area contributed by atoms with Gasteiger partial charge in [0, 0.05) is 0 Å². The molecular formula is C31H51F3O2S. The van der Waals surface area contributed by atoms with E-state index >= 15 is 0 Å². The highest BCUT2D eigenvalue weighted by Gasteiger charge is 2.67. The van der Waals surface area contributed by atoms with Crippen molar-refractivity contribution in [1.82, 2.24) is 0 Å². The molecule has 0 saturated heterocycles. The van der Waals surface area contributed by atoms with Crippen molar-refractivity contribution in [2.24, 2.45) is 51.2 Å². The lowest BCUT2D eigenvalue weighted by Gasteiger charge is -2.67. The van der Waals surface area contributed by atoms with Crippen molar-refractivity contribution < 1.29 is 21.6 Å². The first kappa shape index (κ1) is 29.6. The Hall–Kier alpha value is -0.360. The van der Waals surface area contributed by atoms with E-state index in [1.807, 2.05) is 0 Å². The topological polar surface area (TPSA) is 26.3 Å². The quantitative estimate of drug-likeness (QED) is 0.311. The number of hydrogen-bond acceptors (Lipinski definition) is 2. The fourth-order valence-corrected chi connectivity index (χ4v) is 11.3. The molecule has 4 aliphatic rings. The van der Waals surface area contributed by atoms with Crippen LogP contribution in [0.25, 0.3) is 0 Å². The molecule has 0 aromatic rings. The molecule has 0 aromatic heterocycles. The van der Waals surface area contributed by atoms with E-state index in [-0.39, 0.29) is 5.41 Å². The predicted molar refractivity (Wildman–Crippen MR) is 146 cm³/mol. The molecule has 214 valence electrons. The summed E-state index contributed by atoms with van der Waals surface area (Å²) in [5, 5.41) is 0. The molecule has 0 amide bonds. The van der Waals surface area contributed by atoms with Gasteiger partial charge in [0.15, 0.2) is 0 Å². The minimum absolute atomic E-state index is 0.101. The SMILES string of the molecule is CC(C)=CCCC(C)C1CCC2(C)C3CCC4C(C)(C)C(OS(=O)C(F)(F)F)CCC4(C)C3CCC12C. The number of allylic oxidation sites excluding steroid dienone is 2. The average molecular weight is 545 g/mol. The monoisotopic (exact) mass is 544 g/mol. The van der Waals surface area contributed by atoms with Crippen molar-refractivity contribution in [3.8, 4) is 0 Å². The van der Waals surface area contributed by atoms with Crippen LogP contribution in [0.2, 0.25) is 0 Å². The zero-order valence-electron chi connectivity index (χ0n) is 24.5. The molecule has 4 saturated carbocycles. The first-order chi connectivity index (χ1) is 17.0. The summed E-state index contributed by atoms with van der Waals surface area (Å²) < 4.78 is 56.2. The number of fused-ring (bicyclic) bond motifs is 5. The van der Waals surface area contributed by atoms with Gasteiger partial charge in [0.1, 0.15) is 0 Å². The van der Waals surface area contributed by atoms with Gasteiger partial charge in [-0.05, 0) is 129 Å². The van der Waals surface area contributed by atoms with Crippen LogP contribution in [0.3, 0.4) is 0 Å². The molecule has 37 heavy (non-hydrogen) atoms. The second-order valence-corrected chi connectivity index (χ2v) is 16.0. The van der Waals surface area contributed by atoms with Crippen LogP contribution in [-0.4, -0.2) is 15.8 Å². The van der Waals surface area contributed by atoms with Crippen LogP contribution in [0.15, 0.2) is 11.6 Å². The molecule has 0 spiro atoms. The van der Waals surface area contributed by atoms with Crippen molar-refractivity contribution in [2.45, 2.75) is 131 Å². The molecular weight excluding hydrogens is 493 g/mol. The summed E-state index contributed by atoms with van der Waals surface area (Å²) in [4.78, 5) is 0. The van der Waals surface area contributed by atoms with Gasteiger partial charge in [-0.15, -0.1) is 0 Å². The average Bonchev–Trinajstić information content (AvgIpc) is 3.06. The van der Waals surface area contributed by atoms with Gasteiger partial charge in [0.2, 0.25) is 0 Å². The van der Waals surface area contributed by atoms with E-state index in [0.29, 0.717) is 35.0 Å². The van der Waals surface area contributed by atoms with E-state index in [2.05, 4.69) is 61.5 Å². The summed E-state index contributed by atoms with van der Waals surface area (Å²) in [6.07, 6.45) is 13.0. The highest BCUT2D eigenvalue weighted by molar-refractivity contribution is 7.81. The van der Waals surface area contributed by atoms with E-state index < -0.39 is 28.1 Å². The first-order valence-corrected chi connectivity index (χ1v) is 15.8. The van der Waals surface area contributed by atoms with Crippen LogP contribution in [0, 0.1) is 51.2 Å². The Labute approximate surface area is 226 Å². The van der Waals surface area contributed by atoms with Crippen molar-refractivity contribution in [2.75, 3.05) is 0 Å². The highest BCUT2D eigenvalue weighted by Crippen LogP contribution is 2.74. The van der Waals surface area contributed by atoms with Gasteiger partial charge >= 0.3 is 5.51 Å². The van der Waals surface area contributed by atoms with E-state index in [4.69, 9.17) is 4.18 Å². The minimum Gasteiger partial charge on any atom is -0.280 e. The van der Waals surface area contributed by atoms with Gasteiger partial charge in [-0.25, -0.2) is 4.21 Å². The molecule has 4 rings (SSSR count). The van der Waals surface area contributed by atoms with Gasteiger partial charge < -0.3 is 0 Å². The Morgan fingerprint density at radius 2 is 1.59 bits per heavy atom. The van der Waals surface area contributed by atoms with Gasteiger partial charge in [-0.1, -0.05) is 53.2 Å². The summed E-state index contributed by atoms with van der Waals surface area (Å²) in [5.74, 6) is 3.08. The zero-order chi connectivity index (χ0) is 27.6. The molecule has 0 N–H and O–H groups in total. The van der Waals surface area contributed by atoms with Crippen LogP contribution in [0.4, 0.5) is 13.2 Å². The molecule has 0 bridgehead atoms. The molecule has 0 aromatic carbocycles. The molecule has 4 aliphatic carbocycles. The first-order valence-electron chi connectivity index (χ1n) is 14.8. The third-order valence-corrected chi connectivity index (χ3v) is 13.5. The second-order valence-electron chi connectivity index (χ2n) is 14.8. The second kappa shape index (κ2) is 9.93. The molecule has 6 heteroatoms. The Balaban J connectivity index is 1.54. The third-order valence-electron chi connectivity index (χ3n) is 12.7. The van der Waals surface area contributed by atoms with E-state index in [0.717, 1.165) is 31.1 Å². The largest absolute Gasteiger partial charge is 0.497 e. The molecule has 0 heterocycles. The van der Waals surface area contributed by atoms with Crippen molar-refractivity contribution >= 4 is 11.1 Å². The van der Waals surface area contributed by atoms with Crippen LogP contribution in [0.1, 0.15) is 120 Å². The number of rotatable bonds is 6. The van der Waals surface area contributed by atoms with Gasteiger partial charge in [0.25, 0.3) is 11.1 Å². The number of halogens is 3. The molecule has 0 radical (unpaired) electrons. The molecule has 10 unspecified atom stereocenters. The summed E-state index contributed by atoms with van der Waals surface area (Å²) in [6.45, 7) is 18.6. The van der Waals surface area contributed by atoms with Crippen LogP contribution < -0.4 is 0 Å². The highest BCUT2D eigenvalue weighted by atomic mass is 32.2. The van der Waals surface area contributed by atoms with Gasteiger partial charge in [0.05, 0.1) is 6.10 Å². The summed E-state index contributed by atoms with van der Waals surface area (Å²) >= 11 is -3.25. The standard InChI is InChI=1S/C31H51F3O2S/c1-20(2)10-9-11-21(3)22-14-18-30(8)24-12-13-25-27(4,5)26(36-37(35)31(32,33)34)16-17-28(25,6)23(24)15-19-29(22,30)7/h10,21-26H,9,11-19H2,1-8H3. The van der Waals surface area contributed by atoms with E-state index in [1.165, 1.54) is 44.1 Å². The van der Waals surface area contributed by atoms with Gasteiger partial charge in [-0.2, -0.15) is 13.2 Å². The van der Waals surface area contributed by atoms with Crippen molar-refractivity contribution in [1.29, 1.82) is 0 Å². The number of hydrogen-bond donors (Lipinski definition) is 0. The van der Waals surface area contributed by atoms with E-state index in [9.17, 15) is 17.4 Å². The molecule has 0 aliphatic heterocycles. The Bertz CT molecular complexity index is 909. The maximum Gasteiger partial charge on any atom is 0.497 e. The maximum atomic E-state index is 13.1. The lowest BCUT2D eigenvalue weighted by molar-refractivity contribution is -0.197. The number of alkyl halides is 3. The van der Waals surface area contributed by atoms with Crippen LogP contribution >= 0.6 is 0 Å². The Morgan fingerprint density at radius 1 is 0.946 bits per heavy atom. The van der Waals surface area contributed by atoms with Crippen LogP contribution in [0.5, 0.6) is 0 Å². The fraction of sp³-hybridized carbons (Fsp3) is 0.935. The van der Waals surface area contributed by atoms with E-state index in [1.54, 1.807) is 0 Å². The lowest BCUT2D eigenvalue weighted by atomic mass is 9.38. The fourth-order valence-electron chi connectivity index (χ4n) is 10.6. The summed E-state index contributed by atoms with van der Waals surface area (Å²) in [6, 6.07) is 0. The summed E-state index contributed by atoms with van der Waals surface area (Å²) in [5.41, 5.74) is -3.05. The molecule has 2 nitrogen and oxygen atoms in total. The Kier molecular flexibility index (Phi) is 7.95. The third kappa shape index (κ3) is 4.80. The summed E-state index contributed by atoms with van der Waals surface area (Å²) in [7, 11) is 0. The lowest BCUT2D eigenvalue weighted by Crippen LogP contribution is -2.62. The zero-order valence-corrected chi connectivity index (χ0v) is 25.3. The molecule has 10 atom stereocenters. The van der Waals surface area contributed by atoms with Crippen molar-refractivity contribution in [3.63, 3.8) is 0 Å². The Morgan fingerprint density at radius 3 is 2.22 bits per heavy atom. The maximum absolute atomic E-state index is 13.1. The molecule has 4 fully saturated rings. The van der Waals surface area contributed by atoms with Gasteiger partial charge in [-0.3, -0.25) is 4.18 Å².